The molecule has 1 saturated carbocycles. The molecule has 33 heavy (non-hydrogen) atoms. The molecule has 1 heterocycles. The summed E-state index contributed by atoms with van der Waals surface area (Å²) in [6.07, 6.45) is 5.59. The summed E-state index contributed by atoms with van der Waals surface area (Å²) >= 11 is 0. The van der Waals surface area contributed by atoms with Gasteiger partial charge in [0.25, 0.3) is 5.91 Å². The van der Waals surface area contributed by atoms with Gasteiger partial charge in [-0.05, 0) is 59.9 Å². The summed E-state index contributed by atoms with van der Waals surface area (Å²) in [5.41, 5.74) is 4.87. The maximum absolute atomic E-state index is 13.1. The van der Waals surface area contributed by atoms with Gasteiger partial charge in [-0.3, -0.25) is 14.3 Å². The van der Waals surface area contributed by atoms with Gasteiger partial charge in [0.15, 0.2) is 0 Å². The summed E-state index contributed by atoms with van der Waals surface area (Å²) in [6.45, 7) is 0.697. The second-order valence-corrected chi connectivity index (χ2v) is 8.24. The second kappa shape index (κ2) is 9.12. The van der Waals surface area contributed by atoms with Crippen molar-refractivity contribution in [2.45, 2.75) is 19.4 Å². The molecule has 0 radical (unpaired) electrons. The number of hydrogen-bond acceptors (Lipinski definition) is 3. The number of nitrogens with one attached hydrogen (secondary N) is 2. The SMILES string of the molecule is O=C(Nc1cccc(NC(=O)C2CC2)c1)c1ccccc1-c1ccc(Cn2cccn2)cc1. The average Bonchev–Trinajstić information content (AvgIpc) is 3.57. The normalized spacial score (nSPS) is 12.8. The minimum absolute atomic E-state index is 0.0415. The summed E-state index contributed by atoms with van der Waals surface area (Å²) in [5.74, 6) is -0.0298. The molecular formula is C27H24N4O2. The topological polar surface area (TPSA) is 76.0 Å². The van der Waals surface area contributed by atoms with Crippen LogP contribution in [0.15, 0.2) is 91.3 Å². The Bertz CT molecular complexity index is 1280. The van der Waals surface area contributed by atoms with Crippen LogP contribution in [0.1, 0.15) is 28.8 Å². The number of rotatable bonds is 7. The average molecular weight is 437 g/mol. The molecule has 6 heteroatoms. The molecule has 6 nitrogen and oxygen atoms in total. The van der Waals surface area contributed by atoms with Crippen LogP contribution in [0.3, 0.4) is 0 Å². The highest BCUT2D eigenvalue weighted by molar-refractivity contribution is 6.09. The van der Waals surface area contributed by atoms with E-state index in [0.717, 1.165) is 29.5 Å². The Balaban J connectivity index is 1.32. The predicted octanol–water partition coefficient (Wildman–Crippen LogP) is 5.20. The molecule has 1 fully saturated rings. The van der Waals surface area contributed by atoms with Crippen LogP contribution >= 0.6 is 0 Å². The number of aromatic nitrogens is 2. The summed E-state index contributed by atoms with van der Waals surface area (Å²) in [6, 6.07) is 24.9. The zero-order chi connectivity index (χ0) is 22.6. The van der Waals surface area contributed by atoms with Crippen LogP contribution in [0.2, 0.25) is 0 Å². The molecule has 2 N–H and O–H groups in total. The Kier molecular flexibility index (Phi) is 5.72. The van der Waals surface area contributed by atoms with Crippen molar-refractivity contribution in [3.05, 3.63) is 102 Å². The molecule has 1 aromatic heterocycles. The first kappa shape index (κ1) is 20.7. The third-order valence-electron chi connectivity index (χ3n) is 5.68. The quantitative estimate of drug-likeness (QED) is 0.418. The van der Waals surface area contributed by atoms with Crippen LogP contribution in [0.5, 0.6) is 0 Å². The highest BCUT2D eigenvalue weighted by Crippen LogP contribution is 2.30. The molecule has 0 unspecified atom stereocenters. The molecule has 1 aliphatic carbocycles. The van der Waals surface area contributed by atoms with E-state index in [0.29, 0.717) is 23.5 Å². The van der Waals surface area contributed by atoms with Gasteiger partial charge in [0.2, 0.25) is 5.91 Å². The fourth-order valence-electron chi connectivity index (χ4n) is 3.77. The van der Waals surface area contributed by atoms with Crippen molar-refractivity contribution in [1.82, 2.24) is 9.78 Å². The van der Waals surface area contributed by atoms with E-state index in [9.17, 15) is 9.59 Å². The largest absolute Gasteiger partial charge is 0.326 e. The zero-order valence-electron chi connectivity index (χ0n) is 18.1. The number of carbonyl (C=O) groups is 2. The number of carbonyl (C=O) groups excluding carboxylic acids is 2. The Morgan fingerprint density at radius 2 is 1.64 bits per heavy atom. The minimum atomic E-state index is -0.197. The van der Waals surface area contributed by atoms with Gasteiger partial charge in [-0.1, -0.05) is 48.5 Å². The van der Waals surface area contributed by atoms with Crippen LogP contribution in [-0.2, 0) is 11.3 Å². The maximum Gasteiger partial charge on any atom is 0.256 e. The Morgan fingerprint density at radius 1 is 0.879 bits per heavy atom. The third kappa shape index (κ3) is 5.01. The smallest absolute Gasteiger partial charge is 0.256 e. The van der Waals surface area contributed by atoms with Gasteiger partial charge in [-0.2, -0.15) is 5.10 Å². The van der Waals surface area contributed by atoms with Gasteiger partial charge in [0.1, 0.15) is 0 Å². The first-order chi connectivity index (χ1) is 16.2. The number of benzene rings is 3. The van der Waals surface area contributed by atoms with E-state index in [1.165, 1.54) is 0 Å². The molecule has 0 atom stereocenters. The van der Waals surface area contributed by atoms with Crippen molar-refractivity contribution in [3.63, 3.8) is 0 Å². The molecule has 3 aromatic carbocycles. The van der Waals surface area contributed by atoms with Crippen LogP contribution in [0.25, 0.3) is 11.1 Å². The molecular weight excluding hydrogens is 412 g/mol. The van der Waals surface area contributed by atoms with Gasteiger partial charge in [-0.25, -0.2) is 0 Å². The van der Waals surface area contributed by atoms with Crippen molar-refractivity contribution in [2.75, 3.05) is 10.6 Å². The lowest BCUT2D eigenvalue weighted by Gasteiger charge is -2.12. The molecule has 4 aromatic rings. The molecule has 2 amide bonds. The summed E-state index contributed by atoms with van der Waals surface area (Å²) in [5, 5.41) is 10.1. The summed E-state index contributed by atoms with van der Waals surface area (Å²) in [4.78, 5) is 25.2. The number of hydrogen-bond donors (Lipinski definition) is 2. The molecule has 164 valence electrons. The second-order valence-electron chi connectivity index (χ2n) is 8.24. The Labute approximate surface area is 192 Å². The van der Waals surface area contributed by atoms with E-state index >= 15 is 0 Å². The van der Waals surface area contributed by atoms with Crippen molar-refractivity contribution in [3.8, 4) is 11.1 Å². The van der Waals surface area contributed by atoms with Crippen LogP contribution in [0.4, 0.5) is 11.4 Å². The highest BCUT2D eigenvalue weighted by atomic mass is 16.2. The highest BCUT2D eigenvalue weighted by Gasteiger charge is 2.29. The number of amides is 2. The number of nitrogens with zero attached hydrogens (tertiary/aromatic N) is 2. The van der Waals surface area contributed by atoms with E-state index in [1.807, 2.05) is 71.5 Å². The van der Waals surface area contributed by atoms with Crippen molar-refractivity contribution in [2.24, 2.45) is 5.92 Å². The molecule has 0 saturated heterocycles. The maximum atomic E-state index is 13.1. The standard InChI is InChI=1S/C27H24N4O2/c32-26(21-13-14-21)29-22-5-3-6-23(17-22)30-27(33)25-8-2-1-7-24(25)20-11-9-19(10-12-20)18-31-16-4-15-28-31/h1-12,15-17,21H,13-14,18H2,(H,29,32)(H,30,33). The number of anilines is 2. The molecule has 1 aliphatic rings. The Hall–Kier alpha value is -4.19. The van der Waals surface area contributed by atoms with Crippen LogP contribution in [-0.4, -0.2) is 21.6 Å². The predicted molar refractivity (Wildman–Crippen MR) is 129 cm³/mol. The van der Waals surface area contributed by atoms with Crippen molar-refractivity contribution in [1.29, 1.82) is 0 Å². The minimum Gasteiger partial charge on any atom is -0.326 e. The lowest BCUT2D eigenvalue weighted by atomic mass is 9.98. The van der Waals surface area contributed by atoms with E-state index in [1.54, 1.807) is 12.3 Å². The fraction of sp³-hybridized carbons (Fsp3) is 0.148. The third-order valence-corrected chi connectivity index (χ3v) is 5.68. The molecule has 5 rings (SSSR count). The van der Waals surface area contributed by atoms with Gasteiger partial charge < -0.3 is 10.6 Å². The van der Waals surface area contributed by atoms with Gasteiger partial charge in [0.05, 0.1) is 6.54 Å². The Morgan fingerprint density at radius 3 is 2.36 bits per heavy atom. The van der Waals surface area contributed by atoms with E-state index in [4.69, 9.17) is 0 Å². The van der Waals surface area contributed by atoms with Gasteiger partial charge in [-0.15, -0.1) is 0 Å². The lowest BCUT2D eigenvalue weighted by molar-refractivity contribution is -0.117. The molecule has 0 aliphatic heterocycles. The zero-order valence-corrected chi connectivity index (χ0v) is 18.1. The van der Waals surface area contributed by atoms with E-state index in [2.05, 4.69) is 27.9 Å². The summed E-state index contributed by atoms with van der Waals surface area (Å²) < 4.78 is 1.87. The first-order valence-electron chi connectivity index (χ1n) is 11.0. The molecule has 0 bridgehead atoms. The molecule has 0 spiro atoms. The van der Waals surface area contributed by atoms with Crippen molar-refractivity contribution < 1.29 is 9.59 Å². The first-order valence-corrected chi connectivity index (χ1v) is 11.0. The van der Waals surface area contributed by atoms with Crippen LogP contribution < -0.4 is 10.6 Å². The van der Waals surface area contributed by atoms with Gasteiger partial charge in [0, 0.05) is 35.2 Å². The van der Waals surface area contributed by atoms with E-state index < -0.39 is 0 Å². The van der Waals surface area contributed by atoms with Crippen molar-refractivity contribution >= 4 is 23.2 Å². The monoisotopic (exact) mass is 436 g/mol. The van der Waals surface area contributed by atoms with Gasteiger partial charge >= 0.3 is 0 Å². The van der Waals surface area contributed by atoms with E-state index in [-0.39, 0.29) is 17.7 Å². The lowest BCUT2D eigenvalue weighted by Crippen LogP contribution is -2.15. The fourth-order valence-corrected chi connectivity index (χ4v) is 3.77. The van der Waals surface area contributed by atoms with Crippen LogP contribution in [0, 0.1) is 5.92 Å². The summed E-state index contributed by atoms with van der Waals surface area (Å²) in [7, 11) is 0.